The fourth-order valence-electron chi connectivity index (χ4n) is 2.71. The van der Waals surface area contributed by atoms with E-state index in [1.807, 2.05) is 0 Å². The zero-order valence-electron chi connectivity index (χ0n) is 11.4. The van der Waals surface area contributed by atoms with Crippen molar-refractivity contribution >= 4 is 22.7 Å². The van der Waals surface area contributed by atoms with Crippen LogP contribution in [-0.2, 0) is 13.1 Å². The van der Waals surface area contributed by atoms with E-state index in [4.69, 9.17) is 5.10 Å². The molecule has 1 saturated heterocycles. The Balaban J connectivity index is 1.76. The van der Waals surface area contributed by atoms with Crippen molar-refractivity contribution in [1.82, 2.24) is 15.1 Å². The Morgan fingerprint density at radius 2 is 2.11 bits per heavy atom. The zero-order valence-corrected chi connectivity index (χ0v) is 12.2. The third-order valence-corrected chi connectivity index (χ3v) is 4.86. The predicted molar refractivity (Wildman–Crippen MR) is 82.6 cm³/mol. The number of nitrogens with one attached hydrogen (secondary N) is 1. The van der Waals surface area contributed by atoms with E-state index in [-0.39, 0.29) is 0 Å². The Morgan fingerprint density at radius 1 is 1.32 bits per heavy atom. The van der Waals surface area contributed by atoms with Crippen LogP contribution in [0.3, 0.4) is 0 Å². The molecule has 1 aliphatic rings. The van der Waals surface area contributed by atoms with Crippen LogP contribution in [0.1, 0.15) is 25.5 Å². The molecule has 2 heterocycles. The second-order valence-corrected chi connectivity index (χ2v) is 6.27. The zero-order chi connectivity index (χ0) is 13.1. The largest absolute Gasteiger partial charge is 0.308 e. The van der Waals surface area contributed by atoms with Crippen molar-refractivity contribution in [3.05, 3.63) is 30.0 Å². The van der Waals surface area contributed by atoms with E-state index in [9.17, 15) is 0 Å². The Labute approximate surface area is 118 Å². The van der Waals surface area contributed by atoms with Gasteiger partial charge in [-0.1, -0.05) is 18.2 Å². The van der Waals surface area contributed by atoms with Gasteiger partial charge in [0.2, 0.25) is 0 Å². The second kappa shape index (κ2) is 5.97. The topological polar surface area (TPSA) is 29.9 Å². The van der Waals surface area contributed by atoms with Crippen molar-refractivity contribution < 1.29 is 0 Å². The molecule has 2 aromatic rings. The minimum atomic E-state index is 0.673. The van der Waals surface area contributed by atoms with Gasteiger partial charge in [-0.2, -0.15) is 16.9 Å². The van der Waals surface area contributed by atoms with Gasteiger partial charge >= 0.3 is 0 Å². The molecule has 1 aliphatic heterocycles. The summed E-state index contributed by atoms with van der Waals surface area (Å²) in [7, 11) is 0. The molecule has 0 aliphatic carbocycles. The highest BCUT2D eigenvalue weighted by molar-refractivity contribution is 7.99. The molecule has 0 unspecified atom stereocenters. The molecule has 0 radical (unpaired) electrons. The molecule has 1 N–H and O–H groups in total. The van der Waals surface area contributed by atoms with E-state index in [0.29, 0.717) is 6.04 Å². The van der Waals surface area contributed by atoms with Crippen LogP contribution in [0.2, 0.25) is 0 Å². The molecule has 3 rings (SSSR count). The third kappa shape index (κ3) is 2.79. The van der Waals surface area contributed by atoms with Gasteiger partial charge < -0.3 is 5.32 Å². The summed E-state index contributed by atoms with van der Waals surface area (Å²) in [6, 6.07) is 9.21. The summed E-state index contributed by atoms with van der Waals surface area (Å²) in [6.07, 6.45) is 2.58. The minimum absolute atomic E-state index is 0.673. The Hall–Kier alpha value is -1.00. The maximum absolute atomic E-state index is 4.74. The van der Waals surface area contributed by atoms with Crippen LogP contribution in [0.5, 0.6) is 0 Å². The average Bonchev–Trinajstić information content (AvgIpc) is 2.84. The van der Waals surface area contributed by atoms with Crippen LogP contribution in [0, 0.1) is 0 Å². The van der Waals surface area contributed by atoms with Crippen LogP contribution < -0.4 is 5.32 Å². The van der Waals surface area contributed by atoms with E-state index in [1.54, 1.807) is 0 Å². The van der Waals surface area contributed by atoms with Gasteiger partial charge in [0.15, 0.2) is 0 Å². The maximum Gasteiger partial charge on any atom is 0.0841 e. The van der Waals surface area contributed by atoms with Crippen LogP contribution >= 0.6 is 11.8 Å². The molecule has 0 atom stereocenters. The molecular formula is C15H21N3S. The Morgan fingerprint density at radius 3 is 2.89 bits per heavy atom. The van der Waals surface area contributed by atoms with Crippen molar-refractivity contribution in [3.63, 3.8) is 0 Å². The predicted octanol–water partition coefficient (Wildman–Crippen LogP) is 3.04. The summed E-state index contributed by atoms with van der Waals surface area (Å²) in [4.78, 5) is 0. The monoisotopic (exact) mass is 275 g/mol. The van der Waals surface area contributed by atoms with Crippen molar-refractivity contribution in [2.45, 2.75) is 38.9 Å². The van der Waals surface area contributed by atoms with Crippen molar-refractivity contribution in [2.75, 3.05) is 11.5 Å². The maximum atomic E-state index is 4.74. The number of aryl methyl sites for hydroxylation is 1. The summed E-state index contributed by atoms with van der Waals surface area (Å²) in [6.45, 7) is 3.97. The first-order valence-corrected chi connectivity index (χ1v) is 8.29. The van der Waals surface area contributed by atoms with Crippen LogP contribution in [0.25, 0.3) is 10.9 Å². The van der Waals surface area contributed by atoms with Gasteiger partial charge in [0.25, 0.3) is 0 Å². The summed E-state index contributed by atoms with van der Waals surface area (Å²) in [5.41, 5.74) is 2.44. The Kier molecular flexibility index (Phi) is 4.09. The van der Waals surface area contributed by atoms with Gasteiger partial charge in [-0.05, 0) is 37.3 Å². The lowest BCUT2D eigenvalue weighted by Crippen LogP contribution is -2.32. The van der Waals surface area contributed by atoms with Crippen molar-refractivity contribution in [2.24, 2.45) is 0 Å². The standard InChI is InChI=1S/C15H21N3S/c1-2-18-15-6-4-3-5-13(15)14(17-18)11-16-12-7-9-19-10-8-12/h3-6,12,16H,2,7-11H2,1H3. The normalized spacial score (nSPS) is 17.1. The molecule has 0 amide bonds. The molecule has 4 heteroatoms. The van der Waals surface area contributed by atoms with Crippen molar-refractivity contribution in [3.8, 4) is 0 Å². The fourth-order valence-corrected chi connectivity index (χ4v) is 3.82. The first-order valence-electron chi connectivity index (χ1n) is 7.14. The molecule has 3 nitrogen and oxygen atoms in total. The molecule has 1 fully saturated rings. The first kappa shape index (κ1) is 13.0. The fraction of sp³-hybridized carbons (Fsp3) is 0.533. The number of rotatable bonds is 4. The number of benzene rings is 1. The lowest BCUT2D eigenvalue weighted by molar-refractivity contribution is 0.476. The molecule has 102 valence electrons. The number of thioether (sulfide) groups is 1. The molecule has 0 spiro atoms. The molecule has 1 aromatic carbocycles. The number of nitrogens with zero attached hydrogens (tertiary/aromatic N) is 2. The smallest absolute Gasteiger partial charge is 0.0841 e. The van der Waals surface area contributed by atoms with Crippen LogP contribution in [0.4, 0.5) is 0 Å². The SMILES string of the molecule is CCn1nc(CNC2CCSCC2)c2ccccc21. The van der Waals surface area contributed by atoms with Gasteiger partial charge in [-0.15, -0.1) is 0 Å². The number of fused-ring (bicyclic) bond motifs is 1. The van der Waals surface area contributed by atoms with Gasteiger partial charge in [0.05, 0.1) is 11.2 Å². The van der Waals surface area contributed by atoms with Gasteiger partial charge in [0, 0.05) is 24.5 Å². The molecule has 0 bridgehead atoms. The van der Waals surface area contributed by atoms with Crippen LogP contribution in [-0.4, -0.2) is 27.3 Å². The van der Waals surface area contributed by atoms with E-state index in [0.717, 1.165) is 13.1 Å². The Bertz CT molecular complexity index is 543. The van der Waals surface area contributed by atoms with E-state index < -0.39 is 0 Å². The summed E-state index contributed by atoms with van der Waals surface area (Å²) >= 11 is 2.07. The summed E-state index contributed by atoms with van der Waals surface area (Å²) in [5.74, 6) is 2.59. The van der Waals surface area contributed by atoms with E-state index >= 15 is 0 Å². The molecule has 1 aromatic heterocycles. The number of aromatic nitrogens is 2. The van der Waals surface area contributed by atoms with E-state index in [2.05, 4.69) is 52.9 Å². The second-order valence-electron chi connectivity index (χ2n) is 5.05. The summed E-state index contributed by atoms with van der Waals surface area (Å²) in [5, 5.41) is 9.71. The first-order chi connectivity index (χ1) is 9.38. The number of para-hydroxylation sites is 1. The van der Waals surface area contributed by atoms with Gasteiger partial charge in [-0.25, -0.2) is 0 Å². The van der Waals surface area contributed by atoms with Gasteiger partial charge in [0.1, 0.15) is 0 Å². The van der Waals surface area contributed by atoms with Gasteiger partial charge in [-0.3, -0.25) is 4.68 Å². The van der Waals surface area contributed by atoms with Crippen molar-refractivity contribution in [1.29, 1.82) is 0 Å². The lowest BCUT2D eigenvalue weighted by Gasteiger charge is -2.22. The minimum Gasteiger partial charge on any atom is -0.308 e. The highest BCUT2D eigenvalue weighted by Crippen LogP contribution is 2.20. The summed E-state index contributed by atoms with van der Waals surface area (Å²) < 4.78 is 2.10. The van der Waals surface area contributed by atoms with E-state index in [1.165, 1.54) is 40.9 Å². The highest BCUT2D eigenvalue weighted by atomic mass is 32.2. The number of hydrogen-bond acceptors (Lipinski definition) is 3. The molecule has 19 heavy (non-hydrogen) atoms. The lowest BCUT2D eigenvalue weighted by atomic mass is 10.1. The quantitative estimate of drug-likeness (QED) is 0.930. The molecule has 0 saturated carbocycles. The number of hydrogen-bond donors (Lipinski definition) is 1. The average molecular weight is 275 g/mol. The molecular weight excluding hydrogens is 254 g/mol. The highest BCUT2D eigenvalue weighted by Gasteiger charge is 2.15. The third-order valence-electron chi connectivity index (χ3n) is 3.81. The van der Waals surface area contributed by atoms with Crippen LogP contribution in [0.15, 0.2) is 24.3 Å².